The Labute approximate surface area is 152 Å². The first-order chi connectivity index (χ1) is 12.1. The van der Waals surface area contributed by atoms with Crippen molar-refractivity contribution in [2.45, 2.75) is 51.4 Å². The topological polar surface area (TPSA) is 142 Å². The highest BCUT2D eigenvalue weighted by molar-refractivity contribution is 5.92. The molecule has 0 radical (unpaired) electrons. The maximum Gasteiger partial charge on any atom is 0.326 e. The molecule has 4 atom stereocenters. The van der Waals surface area contributed by atoms with Crippen LogP contribution in [0.1, 0.15) is 26.3 Å². The Bertz CT molecular complexity index is 619. The number of carboxylic acid groups (broad SMARTS) is 1. The summed E-state index contributed by atoms with van der Waals surface area (Å²) in [6.07, 6.45) is -0.950. The quantitative estimate of drug-likeness (QED) is 0.405. The first kappa shape index (κ1) is 21.6. The van der Waals surface area contributed by atoms with E-state index in [2.05, 4.69) is 10.6 Å². The summed E-state index contributed by atoms with van der Waals surface area (Å²) in [5, 5.41) is 23.7. The van der Waals surface area contributed by atoms with Crippen LogP contribution in [-0.4, -0.2) is 52.2 Å². The van der Waals surface area contributed by atoms with Crippen molar-refractivity contribution in [1.82, 2.24) is 10.6 Å². The summed E-state index contributed by atoms with van der Waals surface area (Å²) in [7, 11) is 0. The van der Waals surface area contributed by atoms with Gasteiger partial charge in [0.1, 0.15) is 12.1 Å². The lowest BCUT2D eigenvalue weighted by atomic mass is 10.0. The molecule has 0 unspecified atom stereocenters. The van der Waals surface area contributed by atoms with E-state index in [0.29, 0.717) is 0 Å². The van der Waals surface area contributed by atoms with Crippen molar-refractivity contribution in [3.63, 3.8) is 0 Å². The summed E-state index contributed by atoms with van der Waals surface area (Å²) in [5.74, 6) is -2.93. The van der Waals surface area contributed by atoms with Gasteiger partial charge in [-0.3, -0.25) is 9.59 Å². The van der Waals surface area contributed by atoms with Crippen LogP contribution < -0.4 is 16.4 Å². The van der Waals surface area contributed by atoms with E-state index in [1.807, 2.05) is 30.3 Å². The van der Waals surface area contributed by atoms with Crippen molar-refractivity contribution < 1.29 is 24.6 Å². The number of aliphatic carboxylic acids is 1. The molecule has 26 heavy (non-hydrogen) atoms. The van der Waals surface area contributed by atoms with E-state index in [0.717, 1.165) is 5.56 Å². The molecule has 1 rings (SSSR count). The fourth-order valence-electron chi connectivity index (χ4n) is 2.38. The van der Waals surface area contributed by atoms with Gasteiger partial charge in [-0.05, 0) is 24.8 Å². The lowest BCUT2D eigenvalue weighted by Gasteiger charge is -2.25. The molecule has 0 saturated carbocycles. The number of carboxylic acids is 1. The Balaban J connectivity index is 2.75. The number of rotatable bonds is 9. The van der Waals surface area contributed by atoms with Crippen LogP contribution in [0.5, 0.6) is 0 Å². The molecular weight excluding hydrogens is 338 g/mol. The molecule has 0 bridgehead atoms. The highest BCUT2D eigenvalue weighted by Crippen LogP contribution is 2.05. The Morgan fingerprint density at radius 1 is 1.00 bits per heavy atom. The molecule has 0 aliphatic rings. The zero-order chi connectivity index (χ0) is 19.9. The van der Waals surface area contributed by atoms with E-state index in [4.69, 9.17) is 10.8 Å². The Morgan fingerprint density at radius 2 is 1.54 bits per heavy atom. The summed E-state index contributed by atoms with van der Waals surface area (Å²) < 4.78 is 0. The van der Waals surface area contributed by atoms with Crippen molar-refractivity contribution in [3.05, 3.63) is 35.9 Å². The van der Waals surface area contributed by atoms with Crippen LogP contribution in [0.4, 0.5) is 0 Å². The van der Waals surface area contributed by atoms with Crippen molar-refractivity contribution in [2.24, 2.45) is 11.7 Å². The molecule has 0 saturated heterocycles. The van der Waals surface area contributed by atoms with Crippen LogP contribution in [-0.2, 0) is 20.8 Å². The maximum absolute atomic E-state index is 12.3. The molecule has 0 spiro atoms. The normalized spacial score (nSPS) is 15.6. The average Bonchev–Trinajstić information content (AvgIpc) is 2.56. The van der Waals surface area contributed by atoms with Crippen LogP contribution in [0.3, 0.4) is 0 Å². The van der Waals surface area contributed by atoms with Gasteiger partial charge in [0, 0.05) is 0 Å². The highest BCUT2D eigenvalue weighted by atomic mass is 16.4. The molecular formula is C18H27N3O5. The first-order valence-electron chi connectivity index (χ1n) is 8.44. The lowest BCUT2D eigenvalue weighted by Crippen LogP contribution is -2.59. The van der Waals surface area contributed by atoms with Gasteiger partial charge in [-0.2, -0.15) is 0 Å². The van der Waals surface area contributed by atoms with E-state index in [1.54, 1.807) is 13.8 Å². The molecule has 2 amide bonds. The first-order valence-corrected chi connectivity index (χ1v) is 8.44. The number of amides is 2. The van der Waals surface area contributed by atoms with Gasteiger partial charge < -0.3 is 26.6 Å². The number of benzene rings is 1. The number of nitrogens with two attached hydrogens (primary N) is 1. The SMILES string of the molecule is CC(C)[C@H](NC(=O)[C@@H](NC(=O)[C@@H](N)Cc1ccccc1)[C@@H](C)O)C(=O)O. The van der Waals surface area contributed by atoms with Crippen LogP contribution in [0.2, 0.25) is 0 Å². The van der Waals surface area contributed by atoms with E-state index in [-0.39, 0.29) is 12.3 Å². The van der Waals surface area contributed by atoms with Gasteiger partial charge in [0.2, 0.25) is 11.8 Å². The number of hydrogen-bond acceptors (Lipinski definition) is 5. The molecule has 0 aromatic heterocycles. The number of carbonyl (C=O) groups is 3. The lowest BCUT2D eigenvalue weighted by molar-refractivity contribution is -0.144. The molecule has 0 heterocycles. The van der Waals surface area contributed by atoms with Crippen molar-refractivity contribution in [1.29, 1.82) is 0 Å². The number of aliphatic hydroxyl groups is 1. The second-order valence-electron chi connectivity index (χ2n) is 6.59. The predicted octanol–water partition coefficient (Wildman–Crippen LogP) is -0.353. The molecule has 8 nitrogen and oxygen atoms in total. The molecule has 144 valence electrons. The summed E-state index contributed by atoms with van der Waals surface area (Å²) in [5.41, 5.74) is 6.74. The fraction of sp³-hybridized carbons (Fsp3) is 0.500. The Morgan fingerprint density at radius 3 is 2.00 bits per heavy atom. The van der Waals surface area contributed by atoms with Gasteiger partial charge in [0.15, 0.2) is 0 Å². The van der Waals surface area contributed by atoms with Gasteiger partial charge in [0.25, 0.3) is 0 Å². The van der Waals surface area contributed by atoms with E-state index in [9.17, 15) is 19.5 Å². The molecule has 1 aromatic rings. The zero-order valence-electron chi connectivity index (χ0n) is 15.2. The second-order valence-corrected chi connectivity index (χ2v) is 6.59. The standard InChI is InChI=1S/C18H27N3O5/c1-10(2)14(18(25)26)20-17(24)15(11(3)22)21-16(23)13(19)9-12-7-5-4-6-8-12/h4-8,10-11,13-15,22H,9,19H2,1-3H3,(H,20,24)(H,21,23)(H,25,26)/t11-,13+,14+,15+/m1/s1. The zero-order valence-corrected chi connectivity index (χ0v) is 15.2. The average molecular weight is 365 g/mol. The third-order valence-corrected chi connectivity index (χ3v) is 3.93. The van der Waals surface area contributed by atoms with Crippen molar-refractivity contribution in [3.8, 4) is 0 Å². The summed E-state index contributed by atoms with van der Waals surface area (Å²) in [4.78, 5) is 35.8. The molecule has 0 aliphatic carbocycles. The van der Waals surface area contributed by atoms with Gasteiger partial charge in [-0.1, -0.05) is 44.2 Å². The molecule has 0 fully saturated rings. The summed E-state index contributed by atoms with van der Waals surface area (Å²) in [6, 6.07) is 5.80. The molecule has 8 heteroatoms. The van der Waals surface area contributed by atoms with Crippen LogP contribution >= 0.6 is 0 Å². The van der Waals surface area contributed by atoms with E-state index in [1.165, 1.54) is 6.92 Å². The van der Waals surface area contributed by atoms with Gasteiger partial charge in [0.05, 0.1) is 12.1 Å². The Kier molecular flexibility index (Phi) is 8.21. The minimum Gasteiger partial charge on any atom is -0.480 e. The molecule has 1 aromatic carbocycles. The minimum absolute atomic E-state index is 0.268. The number of hydrogen-bond donors (Lipinski definition) is 5. The van der Waals surface area contributed by atoms with Gasteiger partial charge in [-0.15, -0.1) is 0 Å². The molecule has 6 N–H and O–H groups in total. The largest absolute Gasteiger partial charge is 0.480 e. The van der Waals surface area contributed by atoms with Crippen LogP contribution in [0.15, 0.2) is 30.3 Å². The van der Waals surface area contributed by atoms with Crippen LogP contribution in [0.25, 0.3) is 0 Å². The third kappa shape index (κ3) is 6.45. The number of carbonyl (C=O) groups excluding carboxylic acids is 2. The van der Waals surface area contributed by atoms with Crippen LogP contribution in [0, 0.1) is 5.92 Å². The van der Waals surface area contributed by atoms with E-state index < -0.39 is 42.0 Å². The number of nitrogens with one attached hydrogen (secondary N) is 2. The highest BCUT2D eigenvalue weighted by Gasteiger charge is 2.32. The third-order valence-electron chi connectivity index (χ3n) is 3.93. The summed E-state index contributed by atoms with van der Waals surface area (Å²) >= 11 is 0. The smallest absolute Gasteiger partial charge is 0.326 e. The van der Waals surface area contributed by atoms with Crippen molar-refractivity contribution >= 4 is 17.8 Å². The van der Waals surface area contributed by atoms with E-state index >= 15 is 0 Å². The fourth-order valence-corrected chi connectivity index (χ4v) is 2.38. The molecule has 0 aliphatic heterocycles. The predicted molar refractivity (Wildman–Crippen MR) is 96.1 cm³/mol. The minimum atomic E-state index is -1.30. The maximum atomic E-state index is 12.3. The number of aliphatic hydroxyl groups excluding tert-OH is 1. The van der Waals surface area contributed by atoms with Crippen molar-refractivity contribution in [2.75, 3.05) is 0 Å². The summed E-state index contributed by atoms with van der Waals surface area (Å²) in [6.45, 7) is 4.62. The monoisotopic (exact) mass is 365 g/mol. The second kappa shape index (κ2) is 9.88. The van der Waals surface area contributed by atoms with Gasteiger partial charge >= 0.3 is 5.97 Å². The Hall–Kier alpha value is -2.45. The van der Waals surface area contributed by atoms with Gasteiger partial charge in [-0.25, -0.2) is 4.79 Å².